The van der Waals surface area contributed by atoms with Crippen LogP contribution >= 0.6 is 0 Å². The lowest BCUT2D eigenvalue weighted by Crippen LogP contribution is -2.09. The van der Waals surface area contributed by atoms with Crippen molar-refractivity contribution in [3.05, 3.63) is 42.2 Å². The average molecular weight is 237 g/mol. The van der Waals surface area contributed by atoms with Crippen LogP contribution in [0, 0.1) is 5.82 Å². The van der Waals surface area contributed by atoms with Gasteiger partial charge in [0.15, 0.2) is 0 Å². The summed E-state index contributed by atoms with van der Waals surface area (Å²) < 4.78 is 17.4. The van der Waals surface area contributed by atoms with E-state index in [1.165, 1.54) is 18.2 Å². The van der Waals surface area contributed by atoms with Gasteiger partial charge in [0.25, 0.3) is 0 Å². The third-order valence-electron chi connectivity index (χ3n) is 1.75. The number of hydrogen-bond donors (Lipinski definition) is 1. The Hall–Kier alpha value is -2.17. The first-order valence-electron chi connectivity index (χ1n) is 5.03. The van der Waals surface area contributed by atoms with Crippen molar-refractivity contribution in [3.8, 4) is 0 Å². The van der Waals surface area contributed by atoms with Crippen LogP contribution < -0.4 is 5.32 Å². The lowest BCUT2D eigenvalue weighted by atomic mass is 10.3. The van der Waals surface area contributed by atoms with Crippen molar-refractivity contribution in [1.29, 1.82) is 0 Å². The van der Waals surface area contributed by atoms with Crippen molar-refractivity contribution in [2.75, 3.05) is 11.9 Å². The van der Waals surface area contributed by atoms with Gasteiger partial charge in [-0.05, 0) is 25.1 Å². The number of nitrogens with one attached hydrogen (secondary N) is 1. The average Bonchev–Trinajstić information content (AvgIpc) is 2.27. The Morgan fingerprint density at radius 1 is 1.41 bits per heavy atom. The van der Waals surface area contributed by atoms with Crippen LogP contribution in [0.5, 0.6) is 0 Å². The molecule has 1 aromatic rings. The molecule has 1 N–H and O–H groups in total. The van der Waals surface area contributed by atoms with Gasteiger partial charge < -0.3 is 10.1 Å². The number of benzene rings is 1. The number of hydrogen-bond acceptors (Lipinski definition) is 3. The second-order valence-corrected chi connectivity index (χ2v) is 3.08. The molecular weight excluding hydrogens is 225 g/mol. The molecule has 5 heteroatoms. The summed E-state index contributed by atoms with van der Waals surface area (Å²) in [5, 5.41) is 2.41. The molecule has 0 atom stereocenters. The molecule has 17 heavy (non-hydrogen) atoms. The fourth-order valence-electron chi connectivity index (χ4n) is 1.08. The summed E-state index contributed by atoms with van der Waals surface area (Å²) in [5.41, 5.74) is 0.323. The highest BCUT2D eigenvalue weighted by molar-refractivity contribution is 6.02. The quantitative estimate of drug-likeness (QED) is 0.642. The Morgan fingerprint density at radius 2 is 2.18 bits per heavy atom. The van der Waals surface area contributed by atoms with Gasteiger partial charge in [0.05, 0.1) is 6.61 Å². The minimum Gasteiger partial charge on any atom is -0.463 e. The van der Waals surface area contributed by atoms with E-state index in [-0.39, 0.29) is 6.61 Å². The topological polar surface area (TPSA) is 55.4 Å². The molecule has 0 aliphatic rings. The van der Waals surface area contributed by atoms with Gasteiger partial charge in [0.1, 0.15) is 5.82 Å². The molecule has 0 heterocycles. The third-order valence-corrected chi connectivity index (χ3v) is 1.75. The van der Waals surface area contributed by atoms with Crippen LogP contribution in [0.4, 0.5) is 10.1 Å². The van der Waals surface area contributed by atoms with Crippen LogP contribution in [0.15, 0.2) is 36.4 Å². The summed E-state index contributed by atoms with van der Waals surface area (Å²) in [5.74, 6) is -1.57. The first-order chi connectivity index (χ1) is 8.11. The molecule has 0 unspecified atom stereocenters. The summed E-state index contributed by atoms with van der Waals surface area (Å²) in [4.78, 5) is 22.2. The van der Waals surface area contributed by atoms with Gasteiger partial charge >= 0.3 is 5.97 Å². The number of carbonyl (C=O) groups is 2. The molecule has 90 valence electrons. The van der Waals surface area contributed by atoms with E-state index in [1.807, 2.05) is 0 Å². The maximum absolute atomic E-state index is 12.8. The fraction of sp³-hybridized carbons (Fsp3) is 0.167. The van der Waals surface area contributed by atoms with Crippen LogP contribution in [-0.4, -0.2) is 18.5 Å². The van der Waals surface area contributed by atoms with Crippen LogP contribution in [0.25, 0.3) is 0 Å². The molecule has 0 bridgehead atoms. The van der Waals surface area contributed by atoms with E-state index in [4.69, 9.17) is 0 Å². The number of halogens is 1. The molecule has 4 nitrogen and oxygen atoms in total. The number of amides is 1. The van der Waals surface area contributed by atoms with Gasteiger partial charge in [-0.3, -0.25) is 4.79 Å². The minimum absolute atomic E-state index is 0.245. The third kappa shape index (κ3) is 4.92. The van der Waals surface area contributed by atoms with Gasteiger partial charge in [0, 0.05) is 17.8 Å². The van der Waals surface area contributed by atoms with E-state index in [0.717, 1.165) is 12.2 Å². The Bertz CT molecular complexity index is 443. The van der Waals surface area contributed by atoms with Crippen LogP contribution in [0.2, 0.25) is 0 Å². The van der Waals surface area contributed by atoms with E-state index < -0.39 is 17.7 Å². The molecule has 0 aliphatic carbocycles. The largest absolute Gasteiger partial charge is 0.463 e. The highest BCUT2D eigenvalue weighted by Gasteiger charge is 2.00. The van der Waals surface area contributed by atoms with Crippen molar-refractivity contribution in [3.63, 3.8) is 0 Å². The monoisotopic (exact) mass is 237 g/mol. The van der Waals surface area contributed by atoms with Crippen LogP contribution in [-0.2, 0) is 14.3 Å². The molecule has 0 aliphatic heterocycles. The lowest BCUT2D eigenvalue weighted by molar-refractivity contribution is -0.137. The van der Waals surface area contributed by atoms with Gasteiger partial charge in [-0.2, -0.15) is 0 Å². The number of carbonyl (C=O) groups excluding carboxylic acids is 2. The predicted octanol–water partition coefficient (Wildman–Crippen LogP) is 1.88. The summed E-state index contributed by atoms with van der Waals surface area (Å²) in [6, 6.07) is 5.46. The van der Waals surface area contributed by atoms with Gasteiger partial charge in [-0.1, -0.05) is 6.07 Å². The van der Waals surface area contributed by atoms with Crippen molar-refractivity contribution >= 4 is 17.6 Å². The Balaban J connectivity index is 2.53. The molecule has 0 saturated carbocycles. The zero-order valence-electron chi connectivity index (χ0n) is 9.27. The second kappa shape index (κ2) is 6.42. The zero-order chi connectivity index (χ0) is 12.7. The molecule has 1 aromatic carbocycles. The lowest BCUT2D eigenvalue weighted by Gasteiger charge is -2.01. The Kier molecular flexibility index (Phi) is 4.87. The first-order valence-corrected chi connectivity index (χ1v) is 5.03. The first kappa shape index (κ1) is 12.9. The second-order valence-electron chi connectivity index (χ2n) is 3.08. The molecular formula is C12H12FNO3. The minimum atomic E-state index is -0.595. The predicted molar refractivity (Wildman–Crippen MR) is 60.8 cm³/mol. The fourth-order valence-corrected chi connectivity index (χ4v) is 1.08. The SMILES string of the molecule is CCOC(=O)/C=C/C(=O)Nc1cccc(F)c1. The molecule has 1 amide bonds. The van der Waals surface area contributed by atoms with Crippen molar-refractivity contribution < 1.29 is 18.7 Å². The zero-order valence-corrected chi connectivity index (χ0v) is 9.27. The summed E-state index contributed by atoms with van der Waals surface area (Å²) in [7, 11) is 0. The standard InChI is InChI=1S/C12H12FNO3/c1-2-17-12(16)7-6-11(15)14-10-5-3-4-9(13)8-10/h3-8H,2H2,1H3,(H,14,15)/b7-6+. The smallest absolute Gasteiger partial charge is 0.330 e. The van der Waals surface area contributed by atoms with Crippen LogP contribution in [0.3, 0.4) is 0 Å². The van der Waals surface area contributed by atoms with Crippen molar-refractivity contribution in [2.45, 2.75) is 6.92 Å². The maximum Gasteiger partial charge on any atom is 0.330 e. The number of esters is 1. The normalized spacial score (nSPS) is 10.2. The summed E-state index contributed by atoms with van der Waals surface area (Å²) >= 11 is 0. The Labute approximate surface area is 98.1 Å². The van der Waals surface area contributed by atoms with Crippen LogP contribution in [0.1, 0.15) is 6.92 Å². The highest BCUT2D eigenvalue weighted by atomic mass is 19.1. The summed E-state index contributed by atoms with van der Waals surface area (Å²) in [6.07, 6.45) is 2.04. The number of rotatable bonds is 4. The Morgan fingerprint density at radius 3 is 2.82 bits per heavy atom. The molecule has 0 fully saturated rings. The van der Waals surface area contributed by atoms with E-state index in [2.05, 4.69) is 10.1 Å². The van der Waals surface area contributed by atoms with Crippen molar-refractivity contribution in [2.24, 2.45) is 0 Å². The number of anilines is 1. The molecule has 0 spiro atoms. The summed E-state index contributed by atoms with van der Waals surface area (Å²) in [6.45, 7) is 1.91. The molecule has 0 saturated heterocycles. The van der Waals surface area contributed by atoms with Gasteiger partial charge in [-0.25, -0.2) is 9.18 Å². The van der Waals surface area contributed by atoms with Gasteiger partial charge in [-0.15, -0.1) is 0 Å². The van der Waals surface area contributed by atoms with Gasteiger partial charge in [0.2, 0.25) is 5.91 Å². The van der Waals surface area contributed by atoms with E-state index in [0.29, 0.717) is 5.69 Å². The van der Waals surface area contributed by atoms with E-state index in [1.54, 1.807) is 13.0 Å². The van der Waals surface area contributed by atoms with E-state index in [9.17, 15) is 14.0 Å². The van der Waals surface area contributed by atoms with Crippen molar-refractivity contribution in [1.82, 2.24) is 0 Å². The molecule has 0 radical (unpaired) electrons. The van der Waals surface area contributed by atoms with E-state index >= 15 is 0 Å². The molecule has 0 aromatic heterocycles. The molecule has 1 rings (SSSR count). The maximum atomic E-state index is 12.8. The number of ether oxygens (including phenoxy) is 1. The highest BCUT2D eigenvalue weighted by Crippen LogP contribution is 2.08.